The van der Waals surface area contributed by atoms with Gasteiger partial charge in [-0.15, -0.1) is 0 Å². The molecule has 1 amide bonds. The molecule has 0 aliphatic heterocycles. The molecule has 0 aromatic heterocycles. The Hall–Kier alpha value is -1.38. The number of ketones is 1. The van der Waals surface area contributed by atoms with Gasteiger partial charge in [0.05, 0.1) is 0 Å². The van der Waals surface area contributed by atoms with Gasteiger partial charge in [0.1, 0.15) is 0 Å². The minimum absolute atomic E-state index is 0.139. The Morgan fingerprint density at radius 2 is 2.07 bits per heavy atom. The van der Waals surface area contributed by atoms with Gasteiger partial charge in [-0.3, -0.25) is 9.59 Å². The first-order chi connectivity index (χ1) is 6.61. The van der Waals surface area contributed by atoms with Crippen LogP contribution in [0.1, 0.15) is 26.7 Å². The van der Waals surface area contributed by atoms with Gasteiger partial charge in [-0.05, 0) is 31.9 Å². The van der Waals surface area contributed by atoms with Crippen molar-refractivity contribution < 1.29 is 9.59 Å². The second kappa shape index (κ2) is 7.06. The first-order valence-corrected chi connectivity index (χ1v) is 4.68. The van der Waals surface area contributed by atoms with E-state index in [0.717, 1.165) is 5.57 Å². The number of carbonyl (C=O) groups is 2. The molecule has 0 heterocycles. The van der Waals surface area contributed by atoms with E-state index >= 15 is 0 Å². The van der Waals surface area contributed by atoms with Crippen molar-refractivity contribution in [3.05, 3.63) is 24.3 Å². The molecule has 3 nitrogen and oxygen atoms in total. The Balaban J connectivity index is 3.60. The fourth-order valence-corrected chi connectivity index (χ4v) is 0.891. The third-order valence-corrected chi connectivity index (χ3v) is 1.94. The second-order valence-electron chi connectivity index (χ2n) is 2.99. The van der Waals surface area contributed by atoms with Crippen molar-refractivity contribution in [2.75, 3.05) is 6.54 Å². The molecule has 0 atom stereocenters. The molecule has 0 aromatic carbocycles. The average Bonchev–Trinajstić information content (AvgIpc) is 2.22. The van der Waals surface area contributed by atoms with E-state index in [0.29, 0.717) is 19.4 Å². The maximum atomic E-state index is 11.3. The number of hydrogen-bond donors (Lipinski definition) is 1. The maximum absolute atomic E-state index is 11.3. The van der Waals surface area contributed by atoms with E-state index < -0.39 is 0 Å². The number of carbonyl (C=O) groups excluding carboxylic acids is 2. The van der Waals surface area contributed by atoms with Crippen LogP contribution in [0.2, 0.25) is 0 Å². The Kier molecular flexibility index (Phi) is 6.37. The molecule has 78 valence electrons. The Bertz CT molecular complexity index is 254. The van der Waals surface area contributed by atoms with Crippen LogP contribution in [0.4, 0.5) is 0 Å². The van der Waals surface area contributed by atoms with Gasteiger partial charge in [0.2, 0.25) is 5.91 Å². The highest BCUT2D eigenvalue weighted by Gasteiger charge is 2.02. The molecule has 0 rings (SSSR count). The number of amides is 1. The highest BCUT2D eigenvalue weighted by atomic mass is 16.1. The quantitative estimate of drug-likeness (QED) is 0.517. The summed E-state index contributed by atoms with van der Waals surface area (Å²) in [6, 6.07) is 0. The predicted molar refractivity (Wildman–Crippen MR) is 56.9 cm³/mol. The third kappa shape index (κ3) is 5.30. The van der Waals surface area contributed by atoms with Crippen LogP contribution in [0, 0.1) is 0 Å². The molecule has 0 spiro atoms. The molecule has 1 N–H and O–H groups in total. The van der Waals surface area contributed by atoms with Crippen molar-refractivity contribution >= 4 is 11.7 Å². The van der Waals surface area contributed by atoms with Gasteiger partial charge in [0, 0.05) is 13.0 Å². The molecular weight excluding hydrogens is 178 g/mol. The molecule has 0 saturated heterocycles. The fraction of sp³-hybridized carbons (Fsp3) is 0.455. The van der Waals surface area contributed by atoms with Gasteiger partial charge < -0.3 is 5.32 Å². The second-order valence-corrected chi connectivity index (χ2v) is 2.99. The van der Waals surface area contributed by atoms with Crippen LogP contribution < -0.4 is 5.32 Å². The van der Waals surface area contributed by atoms with Crippen LogP contribution in [0.25, 0.3) is 0 Å². The molecule has 0 bridgehead atoms. The highest BCUT2D eigenvalue weighted by molar-refractivity contribution is 5.94. The van der Waals surface area contributed by atoms with Crippen molar-refractivity contribution in [2.24, 2.45) is 0 Å². The highest BCUT2D eigenvalue weighted by Crippen LogP contribution is 2.00. The van der Waals surface area contributed by atoms with E-state index in [9.17, 15) is 9.59 Å². The van der Waals surface area contributed by atoms with Crippen LogP contribution in [-0.4, -0.2) is 18.2 Å². The zero-order chi connectivity index (χ0) is 11.0. The molecule has 0 fully saturated rings. The van der Waals surface area contributed by atoms with Crippen LogP contribution in [-0.2, 0) is 9.59 Å². The normalized spacial score (nSPS) is 10.9. The Morgan fingerprint density at radius 3 is 2.57 bits per heavy atom. The van der Waals surface area contributed by atoms with Gasteiger partial charge in [0.25, 0.3) is 0 Å². The number of Topliss-reactive ketones (excluding diaryl/α,β-unsaturated/α-hetero) is 1. The standard InChI is InChI=1S/C11H17NO2/c1-4-9(3)10(13)7-6-8-12-11(14)5-2/h4-5H,2,6-8H2,1,3H3,(H,12,14)/b9-4+. The Morgan fingerprint density at radius 1 is 1.43 bits per heavy atom. The summed E-state index contributed by atoms with van der Waals surface area (Å²) < 4.78 is 0. The lowest BCUT2D eigenvalue weighted by Gasteiger charge is -2.01. The van der Waals surface area contributed by atoms with E-state index in [-0.39, 0.29) is 11.7 Å². The lowest BCUT2D eigenvalue weighted by Crippen LogP contribution is -2.22. The van der Waals surface area contributed by atoms with E-state index in [1.165, 1.54) is 6.08 Å². The summed E-state index contributed by atoms with van der Waals surface area (Å²) in [5.41, 5.74) is 0.778. The zero-order valence-corrected chi connectivity index (χ0v) is 8.80. The predicted octanol–water partition coefficient (Wildman–Crippen LogP) is 1.60. The number of hydrogen-bond acceptors (Lipinski definition) is 2. The molecule has 14 heavy (non-hydrogen) atoms. The molecule has 3 heteroatoms. The third-order valence-electron chi connectivity index (χ3n) is 1.94. The van der Waals surface area contributed by atoms with Gasteiger partial charge in [-0.25, -0.2) is 0 Å². The summed E-state index contributed by atoms with van der Waals surface area (Å²) >= 11 is 0. The summed E-state index contributed by atoms with van der Waals surface area (Å²) in [6.07, 6.45) is 4.17. The van der Waals surface area contributed by atoms with Crippen LogP contribution in [0.15, 0.2) is 24.3 Å². The van der Waals surface area contributed by atoms with Crippen molar-refractivity contribution in [1.82, 2.24) is 5.32 Å². The minimum Gasteiger partial charge on any atom is -0.353 e. The molecular formula is C11H17NO2. The van der Waals surface area contributed by atoms with E-state index in [2.05, 4.69) is 11.9 Å². The van der Waals surface area contributed by atoms with Crippen LogP contribution in [0.3, 0.4) is 0 Å². The maximum Gasteiger partial charge on any atom is 0.243 e. The van der Waals surface area contributed by atoms with Crippen LogP contribution in [0.5, 0.6) is 0 Å². The van der Waals surface area contributed by atoms with Crippen molar-refractivity contribution in [3.63, 3.8) is 0 Å². The summed E-state index contributed by atoms with van der Waals surface area (Å²) in [5, 5.41) is 2.62. The van der Waals surface area contributed by atoms with Gasteiger partial charge in [-0.1, -0.05) is 12.7 Å². The van der Waals surface area contributed by atoms with Gasteiger partial charge in [-0.2, -0.15) is 0 Å². The topological polar surface area (TPSA) is 46.2 Å². The zero-order valence-electron chi connectivity index (χ0n) is 8.80. The molecule has 0 aromatic rings. The summed E-state index contributed by atoms with van der Waals surface area (Å²) in [7, 11) is 0. The van der Waals surface area contributed by atoms with Crippen LogP contribution >= 0.6 is 0 Å². The molecule has 0 aliphatic carbocycles. The van der Waals surface area contributed by atoms with Crippen molar-refractivity contribution in [1.29, 1.82) is 0 Å². The molecule has 0 saturated carbocycles. The van der Waals surface area contributed by atoms with E-state index in [1.807, 2.05) is 6.92 Å². The summed E-state index contributed by atoms with van der Waals surface area (Å²) in [5.74, 6) is -0.0550. The van der Waals surface area contributed by atoms with E-state index in [1.54, 1.807) is 13.0 Å². The summed E-state index contributed by atoms with van der Waals surface area (Å²) in [4.78, 5) is 22.0. The first-order valence-electron chi connectivity index (χ1n) is 4.68. The Labute approximate surface area is 84.9 Å². The number of rotatable bonds is 6. The SMILES string of the molecule is C=CC(=O)NCCCC(=O)/C(C)=C/C. The summed E-state index contributed by atoms with van der Waals surface area (Å²) in [6.45, 7) is 7.49. The van der Waals surface area contributed by atoms with Crippen molar-refractivity contribution in [3.8, 4) is 0 Å². The molecule has 0 radical (unpaired) electrons. The lowest BCUT2D eigenvalue weighted by atomic mass is 10.1. The van der Waals surface area contributed by atoms with Crippen molar-refractivity contribution in [2.45, 2.75) is 26.7 Å². The van der Waals surface area contributed by atoms with Gasteiger partial charge >= 0.3 is 0 Å². The average molecular weight is 195 g/mol. The largest absolute Gasteiger partial charge is 0.353 e. The fourth-order valence-electron chi connectivity index (χ4n) is 0.891. The molecule has 0 aliphatic rings. The van der Waals surface area contributed by atoms with E-state index in [4.69, 9.17) is 0 Å². The van der Waals surface area contributed by atoms with Gasteiger partial charge in [0.15, 0.2) is 5.78 Å². The minimum atomic E-state index is -0.194. The number of allylic oxidation sites excluding steroid dienone is 2. The number of nitrogens with one attached hydrogen (secondary N) is 1. The lowest BCUT2D eigenvalue weighted by molar-refractivity contribution is -0.117. The first kappa shape index (κ1) is 12.6. The monoisotopic (exact) mass is 195 g/mol. The molecule has 0 unspecified atom stereocenters. The smallest absolute Gasteiger partial charge is 0.243 e.